The Kier molecular flexibility index (Phi) is 5.67. The molecule has 1 aromatic heterocycles. The van der Waals surface area contributed by atoms with E-state index in [1.54, 1.807) is 13.0 Å². The number of ether oxygens (including phenoxy) is 1. The molecule has 3 heterocycles. The van der Waals surface area contributed by atoms with Crippen molar-refractivity contribution in [1.29, 1.82) is 0 Å². The van der Waals surface area contributed by atoms with Crippen molar-refractivity contribution in [1.82, 2.24) is 10.1 Å². The molecule has 7 nitrogen and oxygen atoms in total. The first-order chi connectivity index (χ1) is 14.1. The first kappa shape index (κ1) is 19.6. The summed E-state index contributed by atoms with van der Waals surface area (Å²) >= 11 is 0. The first-order valence-corrected chi connectivity index (χ1v) is 10.3. The maximum atomic E-state index is 13.6. The smallest absolute Gasteiger partial charge is 0.233 e. The molecule has 0 spiro atoms. The van der Waals surface area contributed by atoms with E-state index in [-0.39, 0.29) is 17.7 Å². The van der Waals surface area contributed by atoms with Crippen LogP contribution in [0.2, 0.25) is 0 Å². The predicted octanol–water partition coefficient (Wildman–Crippen LogP) is 2.91. The van der Waals surface area contributed by atoms with Crippen LogP contribution in [0.25, 0.3) is 0 Å². The lowest BCUT2D eigenvalue weighted by atomic mass is 9.72. The van der Waals surface area contributed by atoms with Crippen LogP contribution in [0.4, 0.5) is 5.82 Å². The predicted molar refractivity (Wildman–Crippen MR) is 107 cm³/mol. The number of carbonyl (C=O) groups excluding carboxylic acids is 2. The van der Waals surface area contributed by atoms with Crippen molar-refractivity contribution in [3.8, 4) is 0 Å². The van der Waals surface area contributed by atoms with E-state index < -0.39 is 5.41 Å². The number of hydrogen-bond acceptors (Lipinski definition) is 5. The molecule has 0 atom stereocenters. The number of benzene rings is 1. The third-order valence-corrected chi connectivity index (χ3v) is 6.11. The summed E-state index contributed by atoms with van der Waals surface area (Å²) in [6, 6.07) is 11.7. The molecular weight excluding hydrogens is 370 g/mol. The lowest BCUT2D eigenvalue weighted by Crippen LogP contribution is -2.52. The number of aryl methyl sites for hydroxylation is 1. The van der Waals surface area contributed by atoms with E-state index in [1.807, 2.05) is 35.2 Å². The number of hydrogen-bond donors (Lipinski definition) is 1. The molecule has 0 saturated carbocycles. The van der Waals surface area contributed by atoms with Crippen molar-refractivity contribution >= 4 is 17.6 Å². The number of likely N-dealkylation sites (tertiary alicyclic amines) is 1. The number of piperidine rings is 1. The van der Waals surface area contributed by atoms with Crippen LogP contribution < -0.4 is 5.32 Å². The topological polar surface area (TPSA) is 84.7 Å². The minimum Gasteiger partial charge on any atom is -0.381 e. The molecule has 29 heavy (non-hydrogen) atoms. The number of nitrogens with one attached hydrogen (secondary N) is 1. The molecule has 2 amide bonds. The fraction of sp³-hybridized carbons (Fsp3) is 0.500. The van der Waals surface area contributed by atoms with E-state index in [0.717, 1.165) is 5.56 Å². The second-order valence-corrected chi connectivity index (χ2v) is 7.94. The summed E-state index contributed by atoms with van der Waals surface area (Å²) in [6.45, 7) is 4.15. The van der Waals surface area contributed by atoms with Gasteiger partial charge in [0.15, 0.2) is 5.82 Å². The zero-order valence-electron chi connectivity index (χ0n) is 16.7. The molecule has 154 valence electrons. The Labute approximate surface area is 170 Å². The number of aromatic nitrogens is 1. The summed E-state index contributed by atoms with van der Waals surface area (Å²) in [7, 11) is 0. The van der Waals surface area contributed by atoms with Gasteiger partial charge in [0, 0.05) is 38.3 Å². The lowest BCUT2D eigenvalue weighted by Gasteiger charge is -2.42. The molecule has 0 unspecified atom stereocenters. The zero-order chi connectivity index (χ0) is 20.3. The van der Waals surface area contributed by atoms with Crippen molar-refractivity contribution < 1.29 is 18.8 Å². The third-order valence-electron chi connectivity index (χ3n) is 6.11. The average molecular weight is 397 g/mol. The monoisotopic (exact) mass is 397 g/mol. The van der Waals surface area contributed by atoms with Crippen LogP contribution in [0.1, 0.15) is 37.0 Å². The Bertz CT molecular complexity index is 850. The number of nitrogens with zero attached hydrogens (tertiary/aromatic N) is 2. The van der Waals surface area contributed by atoms with Gasteiger partial charge in [-0.1, -0.05) is 35.5 Å². The van der Waals surface area contributed by atoms with Gasteiger partial charge in [0.2, 0.25) is 11.8 Å². The molecule has 4 rings (SSSR count). The standard InChI is InChI=1S/C22H27N3O4/c1-16-15-19(24-29-16)23-20(26)17-7-11-25(12-8-17)21(27)22(9-13-28-14-10-22)18-5-3-2-4-6-18/h2-6,15,17H,7-14H2,1H3,(H,23,24,26). The second kappa shape index (κ2) is 8.37. The van der Waals surface area contributed by atoms with Gasteiger partial charge in [-0.25, -0.2) is 0 Å². The van der Waals surface area contributed by atoms with E-state index in [4.69, 9.17) is 9.26 Å². The Morgan fingerprint density at radius 2 is 1.83 bits per heavy atom. The maximum absolute atomic E-state index is 13.6. The summed E-state index contributed by atoms with van der Waals surface area (Å²) in [4.78, 5) is 28.1. The van der Waals surface area contributed by atoms with Gasteiger partial charge in [-0.15, -0.1) is 0 Å². The Balaban J connectivity index is 1.41. The summed E-state index contributed by atoms with van der Waals surface area (Å²) in [5, 5.41) is 6.62. The fourth-order valence-corrected chi connectivity index (χ4v) is 4.40. The number of carbonyl (C=O) groups is 2. The van der Waals surface area contributed by atoms with Crippen molar-refractivity contribution in [2.45, 2.75) is 38.0 Å². The Hall–Kier alpha value is -2.67. The van der Waals surface area contributed by atoms with Gasteiger partial charge in [0.1, 0.15) is 5.76 Å². The van der Waals surface area contributed by atoms with Crippen LogP contribution in [0.3, 0.4) is 0 Å². The highest BCUT2D eigenvalue weighted by atomic mass is 16.5. The summed E-state index contributed by atoms with van der Waals surface area (Å²) in [5.74, 6) is 1.07. The molecule has 7 heteroatoms. The van der Waals surface area contributed by atoms with Gasteiger partial charge in [-0.3, -0.25) is 9.59 Å². The van der Waals surface area contributed by atoms with Crippen LogP contribution in [0, 0.1) is 12.8 Å². The normalized spacial score (nSPS) is 19.7. The molecule has 2 aliphatic rings. The average Bonchev–Trinajstić information content (AvgIpc) is 3.19. The maximum Gasteiger partial charge on any atom is 0.233 e. The number of rotatable bonds is 4. The Morgan fingerprint density at radius 3 is 2.45 bits per heavy atom. The molecule has 0 bridgehead atoms. The van der Waals surface area contributed by atoms with E-state index in [9.17, 15) is 9.59 Å². The third kappa shape index (κ3) is 4.05. The highest BCUT2D eigenvalue weighted by molar-refractivity contribution is 5.92. The Morgan fingerprint density at radius 1 is 1.14 bits per heavy atom. The molecule has 2 aromatic rings. The zero-order valence-corrected chi connectivity index (χ0v) is 16.7. The molecule has 0 aliphatic carbocycles. The molecule has 2 fully saturated rings. The van der Waals surface area contributed by atoms with Gasteiger partial charge in [-0.05, 0) is 38.2 Å². The van der Waals surface area contributed by atoms with Crippen molar-refractivity contribution in [3.63, 3.8) is 0 Å². The van der Waals surface area contributed by atoms with E-state index in [1.165, 1.54) is 0 Å². The van der Waals surface area contributed by atoms with Gasteiger partial charge < -0.3 is 19.5 Å². The van der Waals surface area contributed by atoms with E-state index >= 15 is 0 Å². The summed E-state index contributed by atoms with van der Waals surface area (Å²) in [6.07, 6.45) is 2.69. The quantitative estimate of drug-likeness (QED) is 0.858. The number of amides is 2. The molecule has 2 aliphatic heterocycles. The van der Waals surface area contributed by atoms with Crippen LogP contribution in [0.5, 0.6) is 0 Å². The summed E-state index contributed by atoms with van der Waals surface area (Å²) < 4.78 is 10.5. The minimum absolute atomic E-state index is 0.0609. The number of anilines is 1. The lowest BCUT2D eigenvalue weighted by molar-refractivity contribution is -0.143. The largest absolute Gasteiger partial charge is 0.381 e. The van der Waals surface area contributed by atoms with Crippen LogP contribution in [-0.4, -0.2) is 48.2 Å². The van der Waals surface area contributed by atoms with Gasteiger partial charge in [0.05, 0.1) is 5.41 Å². The van der Waals surface area contributed by atoms with E-state index in [2.05, 4.69) is 10.5 Å². The van der Waals surface area contributed by atoms with Crippen molar-refractivity contribution in [2.75, 3.05) is 31.6 Å². The van der Waals surface area contributed by atoms with Crippen LogP contribution in [-0.2, 0) is 19.7 Å². The SMILES string of the molecule is Cc1cc(NC(=O)C2CCN(C(=O)C3(c4ccccc4)CCOCC3)CC2)no1. The molecular formula is C22H27N3O4. The second-order valence-electron chi connectivity index (χ2n) is 7.94. The van der Waals surface area contributed by atoms with Gasteiger partial charge in [-0.2, -0.15) is 0 Å². The summed E-state index contributed by atoms with van der Waals surface area (Å²) in [5.41, 5.74) is 0.543. The van der Waals surface area contributed by atoms with Crippen molar-refractivity contribution in [2.24, 2.45) is 5.92 Å². The molecule has 2 saturated heterocycles. The highest BCUT2D eigenvalue weighted by Crippen LogP contribution is 2.37. The van der Waals surface area contributed by atoms with Gasteiger partial charge >= 0.3 is 0 Å². The van der Waals surface area contributed by atoms with Crippen LogP contribution in [0.15, 0.2) is 40.9 Å². The van der Waals surface area contributed by atoms with E-state index in [0.29, 0.717) is 63.6 Å². The first-order valence-electron chi connectivity index (χ1n) is 10.3. The van der Waals surface area contributed by atoms with Crippen molar-refractivity contribution in [3.05, 3.63) is 47.7 Å². The molecule has 1 N–H and O–H groups in total. The van der Waals surface area contributed by atoms with Crippen LogP contribution >= 0.6 is 0 Å². The molecule has 0 radical (unpaired) electrons. The minimum atomic E-state index is -0.521. The molecule has 1 aromatic carbocycles. The highest BCUT2D eigenvalue weighted by Gasteiger charge is 2.44. The van der Waals surface area contributed by atoms with Gasteiger partial charge in [0.25, 0.3) is 0 Å². The fourth-order valence-electron chi connectivity index (χ4n) is 4.40.